The van der Waals surface area contributed by atoms with Crippen LogP contribution in [0.25, 0.3) is 0 Å². The highest BCUT2D eigenvalue weighted by Crippen LogP contribution is 2.18. The summed E-state index contributed by atoms with van der Waals surface area (Å²) in [6.45, 7) is 4.08. The highest BCUT2D eigenvalue weighted by atomic mass is 32.1. The first kappa shape index (κ1) is 13.1. The average molecular weight is 261 g/mol. The molecule has 1 aromatic heterocycles. The lowest BCUT2D eigenvalue weighted by atomic mass is 10.2. The highest BCUT2D eigenvalue weighted by molar-refractivity contribution is 7.11. The van der Waals surface area contributed by atoms with Crippen LogP contribution < -0.4 is 4.74 Å². The number of methoxy groups -OCH3 is 1. The molecule has 0 radical (unpaired) electrons. The van der Waals surface area contributed by atoms with Crippen LogP contribution in [0, 0.1) is 6.92 Å². The van der Waals surface area contributed by atoms with Gasteiger partial charge in [0.25, 0.3) is 0 Å². The quantitative estimate of drug-likeness (QED) is 0.813. The van der Waals surface area contributed by atoms with Crippen molar-refractivity contribution in [2.75, 3.05) is 14.2 Å². The summed E-state index contributed by atoms with van der Waals surface area (Å²) in [7, 11) is 3.85. The second kappa shape index (κ2) is 6.03. The third kappa shape index (κ3) is 3.59. The first-order chi connectivity index (χ1) is 8.67. The zero-order valence-electron chi connectivity index (χ0n) is 11.1. The Labute approximate surface area is 113 Å². The van der Waals surface area contributed by atoms with Crippen LogP contribution in [0.4, 0.5) is 0 Å². The molecule has 2 aromatic rings. The summed E-state index contributed by atoms with van der Waals surface area (Å²) in [5, 5.41) is 0. The molecule has 0 saturated carbocycles. The van der Waals surface area contributed by atoms with Crippen molar-refractivity contribution in [3.63, 3.8) is 0 Å². The highest BCUT2D eigenvalue weighted by Gasteiger charge is 2.04. The SMILES string of the molecule is COc1cccc(CN(C)Cc2ccc(C)s2)c1. The Morgan fingerprint density at radius 1 is 1.17 bits per heavy atom. The van der Waals surface area contributed by atoms with Gasteiger partial charge in [-0.15, -0.1) is 11.3 Å². The minimum Gasteiger partial charge on any atom is -0.497 e. The van der Waals surface area contributed by atoms with Gasteiger partial charge in [-0.05, 0) is 43.8 Å². The summed E-state index contributed by atoms with van der Waals surface area (Å²) in [6.07, 6.45) is 0. The number of nitrogens with zero attached hydrogens (tertiary/aromatic N) is 1. The Morgan fingerprint density at radius 2 is 2.00 bits per heavy atom. The van der Waals surface area contributed by atoms with Crippen LogP contribution in [-0.4, -0.2) is 19.1 Å². The van der Waals surface area contributed by atoms with Gasteiger partial charge in [0, 0.05) is 22.8 Å². The fourth-order valence-electron chi connectivity index (χ4n) is 1.97. The normalized spacial score (nSPS) is 10.9. The number of hydrogen-bond donors (Lipinski definition) is 0. The molecule has 18 heavy (non-hydrogen) atoms. The molecule has 0 amide bonds. The summed E-state index contributed by atoms with van der Waals surface area (Å²) in [6, 6.07) is 12.6. The Balaban J connectivity index is 1.96. The van der Waals surface area contributed by atoms with E-state index in [2.05, 4.69) is 43.1 Å². The molecule has 0 fully saturated rings. The lowest BCUT2D eigenvalue weighted by molar-refractivity contribution is 0.321. The molecular weight excluding hydrogens is 242 g/mol. The molecule has 0 aliphatic heterocycles. The van der Waals surface area contributed by atoms with Crippen molar-refractivity contribution < 1.29 is 4.74 Å². The van der Waals surface area contributed by atoms with E-state index >= 15 is 0 Å². The van der Waals surface area contributed by atoms with Gasteiger partial charge in [0.15, 0.2) is 0 Å². The van der Waals surface area contributed by atoms with E-state index < -0.39 is 0 Å². The van der Waals surface area contributed by atoms with Crippen molar-refractivity contribution in [2.45, 2.75) is 20.0 Å². The number of rotatable bonds is 5. The maximum absolute atomic E-state index is 5.24. The van der Waals surface area contributed by atoms with Crippen LogP contribution in [0.3, 0.4) is 0 Å². The van der Waals surface area contributed by atoms with Gasteiger partial charge in [-0.1, -0.05) is 12.1 Å². The molecule has 96 valence electrons. The number of thiophene rings is 1. The molecule has 0 saturated heterocycles. The number of ether oxygens (including phenoxy) is 1. The molecule has 0 unspecified atom stereocenters. The van der Waals surface area contributed by atoms with Crippen molar-refractivity contribution in [1.82, 2.24) is 4.90 Å². The van der Waals surface area contributed by atoms with E-state index in [1.165, 1.54) is 15.3 Å². The first-order valence-electron chi connectivity index (χ1n) is 6.04. The molecule has 2 nitrogen and oxygen atoms in total. The van der Waals surface area contributed by atoms with E-state index in [1.807, 2.05) is 23.5 Å². The summed E-state index contributed by atoms with van der Waals surface area (Å²) < 4.78 is 5.24. The Kier molecular flexibility index (Phi) is 4.39. The minimum absolute atomic E-state index is 0.924. The molecular formula is C15H19NOS. The van der Waals surface area contributed by atoms with E-state index in [4.69, 9.17) is 4.74 Å². The predicted octanol–water partition coefficient (Wildman–Crippen LogP) is 3.70. The predicted molar refractivity (Wildman–Crippen MR) is 77.2 cm³/mol. The molecule has 1 aromatic carbocycles. The molecule has 0 aliphatic rings. The number of benzene rings is 1. The zero-order valence-corrected chi connectivity index (χ0v) is 12.0. The Hall–Kier alpha value is -1.32. The van der Waals surface area contributed by atoms with Crippen molar-refractivity contribution in [3.8, 4) is 5.75 Å². The van der Waals surface area contributed by atoms with Crippen molar-refractivity contribution in [1.29, 1.82) is 0 Å². The second-order valence-electron chi connectivity index (χ2n) is 4.54. The van der Waals surface area contributed by atoms with E-state index in [-0.39, 0.29) is 0 Å². The van der Waals surface area contributed by atoms with Gasteiger partial charge < -0.3 is 4.74 Å². The fraction of sp³-hybridized carbons (Fsp3) is 0.333. The molecule has 0 bridgehead atoms. The molecule has 2 rings (SSSR count). The second-order valence-corrected chi connectivity index (χ2v) is 5.91. The van der Waals surface area contributed by atoms with E-state index in [0.29, 0.717) is 0 Å². The van der Waals surface area contributed by atoms with Gasteiger partial charge in [-0.25, -0.2) is 0 Å². The van der Waals surface area contributed by atoms with Gasteiger partial charge >= 0.3 is 0 Å². The third-order valence-corrected chi connectivity index (χ3v) is 3.79. The Bertz CT molecular complexity index is 507. The van der Waals surface area contributed by atoms with Gasteiger partial charge in [-0.3, -0.25) is 4.90 Å². The van der Waals surface area contributed by atoms with Crippen LogP contribution in [0.2, 0.25) is 0 Å². The average Bonchev–Trinajstić information content (AvgIpc) is 2.74. The lowest BCUT2D eigenvalue weighted by Gasteiger charge is -2.16. The standard InChI is InChI=1S/C15H19NOS/c1-12-7-8-15(18-12)11-16(2)10-13-5-4-6-14(9-13)17-3/h4-9H,10-11H2,1-3H3. The van der Waals surface area contributed by atoms with Gasteiger partial charge in [0.2, 0.25) is 0 Å². The number of aryl methyl sites for hydroxylation is 1. The lowest BCUT2D eigenvalue weighted by Crippen LogP contribution is -2.16. The number of hydrogen-bond acceptors (Lipinski definition) is 3. The van der Waals surface area contributed by atoms with Crippen LogP contribution >= 0.6 is 11.3 Å². The molecule has 3 heteroatoms. The van der Waals surface area contributed by atoms with Gasteiger partial charge in [0.05, 0.1) is 7.11 Å². The molecule has 0 spiro atoms. The summed E-state index contributed by atoms with van der Waals surface area (Å²) in [5.41, 5.74) is 1.28. The Morgan fingerprint density at radius 3 is 2.67 bits per heavy atom. The van der Waals surface area contributed by atoms with Crippen LogP contribution in [-0.2, 0) is 13.1 Å². The fourth-order valence-corrected chi connectivity index (χ4v) is 2.95. The largest absolute Gasteiger partial charge is 0.497 e. The van der Waals surface area contributed by atoms with Crippen LogP contribution in [0.1, 0.15) is 15.3 Å². The monoisotopic (exact) mass is 261 g/mol. The van der Waals surface area contributed by atoms with Gasteiger partial charge in [0.1, 0.15) is 5.75 Å². The maximum Gasteiger partial charge on any atom is 0.119 e. The van der Waals surface area contributed by atoms with Gasteiger partial charge in [-0.2, -0.15) is 0 Å². The molecule has 0 atom stereocenters. The third-order valence-electron chi connectivity index (χ3n) is 2.81. The van der Waals surface area contributed by atoms with Crippen molar-refractivity contribution >= 4 is 11.3 Å². The maximum atomic E-state index is 5.24. The molecule has 0 aliphatic carbocycles. The van der Waals surface area contributed by atoms with Crippen molar-refractivity contribution in [3.05, 3.63) is 51.7 Å². The smallest absolute Gasteiger partial charge is 0.119 e. The summed E-state index contributed by atoms with van der Waals surface area (Å²) >= 11 is 1.87. The van der Waals surface area contributed by atoms with E-state index in [1.54, 1.807) is 7.11 Å². The van der Waals surface area contributed by atoms with E-state index in [0.717, 1.165) is 18.8 Å². The minimum atomic E-state index is 0.924. The first-order valence-corrected chi connectivity index (χ1v) is 6.86. The van der Waals surface area contributed by atoms with Crippen LogP contribution in [0.5, 0.6) is 5.75 Å². The van der Waals surface area contributed by atoms with Crippen molar-refractivity contribution in [2.24, 2.45) is 0 Å². The summed E-state index contributed by atoms with van der Waals surface area (Å²) in [4.78, 5) is 5.11. The summed E-state index contributed by atoms with van der Waals surface area (Å²) in [5.74, 6) is 0.924. The molecule has 1 heterocycles. The topological polar surface area (TPSA) is 12.5 Å². The van der Waals surface area contributed by atoms with Crippen LogP contribution in [0.15, 0.2) is 36.4 Å². The molecule has 0 N–H and O–H groups in total. The zero-order chi connectivity index (χ0) is 13.0. The van der Waals surface area contributed by atoms with E-state index in [9.17, 15) is 0 Å².